The lowest BCUT2D eigenvalue weighted by Crippen LogP contribution is -2.31. The third-order valence-electron chi connectivity index (χ3n) is 2.70. The number of alkyl halides is 1. The van der Waals surface area contributed by atoms with Crippen LogP contribution in [0.4, 0.5) is 4.39 Å². The van der Waals surface area contributed by atoms with Gasteiger partial charge in [0.25, 0.3) is 0 Å². The van der Waals surface area contributed by atoms with E-state index in [9.17, 15) is 4.39 Å². The van der Waals surface area contributed by atoms with Gasteiger partial charge in [0.2, 0.25) is 0 Å². The zero-order chi connectivity index (χ0) is 12.8. The molecule has 0 unspecified atom stereocenters. The highest BCUT2D eigenvalue weighted by Crippen LogP contribution is 2.20. The molecule has 0 bridgehead atoms. The van der Waals surface area contributed by atoms with E-state index in [-0.39, 0.29) is 5.82 Å². The van der Waals surface area contributed by atoms with Crippen LogP contribution in [0.2, 0.25) is 5.02 Å². The minimum Gasteiger partial charge on any atom is -0.297 e. The third-order valence-corrected chi connectivity index (χ3v) is 3.32. The van der Waals surface area contributed by atoms with E-state index in [0.29, 0.717) is 16.9 Å². The Balaban J connectivity index is 2.71. The molecule has 96 valence electrons. The number of halogens is 3. The molecule has 0 saturated heterocycles. The van der Waals surface area contributed by atoms with Gasteiger partial charge in [-0.05, 0) is 44.5 Å². The maximum absolute atomic E-state index is 12.9. The van der Waals surface area contributed by atoms with Crippen LogP contribution in [-0.2, 0) is 6.54 Å². The van der Waals surface area contributed by atoms with Gasteiger partial charge in [-0.15, -0.1) is 11.6 Å². The Morgan fingerprint density at radius 3 is 2.59 bits per heavy atom. The summed E-state index contributed by atoms with van der Waals surface area (Å²) in [6.45, 7) is 5.92. The SMILES string of the molecule is CC(C)N(CCCCl)Cc1ccc(F)cc1Cl. The smallest absolute Gasteiger partial charge is 0.124 e. The van der Waals surface area contributed by atoms with Crippen molar-refractivity contribution in [2.75, 3.05) is 12.4 Å². The monoisotopic (exact) mass is 277 g/mol. The maximum Gasteiger partial charge on any atom is 0.124 e. The first-order valence-electron chi connectivity index (χ1n) is 5.78. The number of benzene rings is 1. The Morgan fingerprint density at radius 2 is 2.06 bits per heavy atom. The van der Waals surface area contributed by atoms with Crippen LogP contribution in [-0.4, -0.2) is 23.4 Å². The van der Waals surface area contributed by atoms with Crippen molar-refractivity contribution in [2.45, 2.75) is 32.9 Å². The highest BCUT2D eigenvalue weighted by molar-refractivity contribution is 6.31. The van der Waals surface area contributed by atoms with Crippen molar-refractivity contribution in [2.24, 2.45) is 0 Å². The van der Waals surface area contributed by atoms with Gasteiger partial charge < -0.3 is 0 Å². The second-order valence-electron chi connectivity index (χ2n) is 4.34. The Labute approximate surface area is 113 Å². The van der Waals surface area contributed by atoms with Gasteiger partial charge in [0.15, 0.2) is 0 Å². The highest BCUT2D eigenvalue weighted by Gasteiger charge is 2.12. The first-order valence-corrected chi connectivity index (χ1v) is 6.69. The van der Waals surface area contributed by atoms with Gasteiger partial charge in [0.05, 0.1) is 0 Å². The molecule has 17 heavy (non-hydrogen) atoms. The summed E-state index contributed by atoms with van der Waals surface area (Å²) in [6, 6.07) is 4.96. The van der Waals surface area contributed by atoms with Crippen molar-refractivity contribution in [1.82, 2.24) is 4.90 Å². The largest absolute Gasteiger partial charge is 0.297 e. The fourth-order valence-electron chi connectivity index (χ4n) is 1.65. The van der Waals surface area contributed by atoms with Gasteiger partial charge in [-0.2, -0.15) is 0 Å². The van der Waals surface area contributed by atoms with Crippen molar-refractivity contribution in [3.05, 3.63) is 34.6 Å². The van der Waals surface area contributed by atoms with Gasteiger partial charge in [0, 0.05) is 23.5 Å². The van der Waals surface area contributed by atoms with E-state index in [1.807, 2.05) is 0 Å². The van der Waals surface area contributed by atoms with Crippen molar-refractivity contribution in [3.8, 4) is 0 Å². The van der Waals surface area contributed by atoms with E-state index in [4.69, 9.17) is 23.2 Å². The molecule has 0 aliphatic rings. The minimum absolute atomic E-state index is 0.296. The van der Waals surface area contributed by atoms with E-state index < -0.39 is 0 Å². The van der Waals surface area contributed by atoms with Crippen LogP contribution in [0.1, 0.15) is 25.8 Å². The fraction of sp³-hybridized carbons (Fsp3) is 0.538. The van der Waals surface area contributed by atoms with Crippen LogP contribution in [0.5, 0.6) is 0 Å². The first kappa shape index (κ1) is 14.7. The van der Waals surface area contributed by atoms with Gasteiger partial charge in [-0.1, -0.05) is 17.7 Å². The maximum atomic E-state index is 12.9. The molecule has 0 saturated carbocycles. The molecular weight excluding hydrogens is 260 g/mol. The fourth-order valence-corrected chi connectivity index (χ4v) is 2.00. The van der Waals surface area contributed by atoms with Crippen molar-refractivity contribution in [3.63, 3.8) is 0 Å². The lowest BCUT2D eigenvalue weighted by Gasteiger charge is -2.26. The topological polar surface area (TPSA) is 3.24 Å². The number of hydrogen-bond acceptors (Lipinski definition) is 1. The normalized spacial score (nSPS) is 11.5. The Morgan fingerprint density at radius 1 is 1.35 bits per heavy atom. The molecule has 0 aliphatic carbocycles. The molecule has 1 aromatic carbocycles. The van der Waals surface area contributed by atoms with Crippen LogP contribution in [0.15, 0.2) is 18.2 Å². The molecule has 0 atom stereocenters. The summed E-state index contributed by atoms with van der Waals surface area (Å²) in [7, 11) is 0. The molecule has 1 nitrogen and oxygen atoms in total. The quantitative estimate of drug-likeness (QED) is 0.700. The van der Waals surface area contributed by atoms with Crippen molar-refractivity contribution >= 4 is 23.2 Å². The molecule has 1 aromatic rings. The van der Waals surface area contributed by atoms with Gasteiger partial charge in [0.1, 0.15) is 5.82 Å². The lowest BCUT2D eigenvalue weighted by molar-refractivity contribution is 0.214. The molecule has 0 N–H and O–H groups in total. The molecule has 1 rings (SSSR count). The second-order valence-corrected chi connectivity index (χ2v) is 5.13. The predicted molar refractivity (Wildman–Crippen MR) is 72.3 cm³/mol. The van der Waals surface area contributed by atoms with Gasteiger partial charge in [-0.25, -0.2) is 4.39 Å². The average Bonchev–Trinajstić information content (AvgIpc) is 2.26. The van der Waals surface area contributed by atoms with Gasteiger partial charge in [-0.3, -0.25) is 4.90 Å². The summed E-state index contributed by atoms with van der Waals surface area (Å²) in [5.74, 6) is 0.357. The molecule has 0 aliphatic heterocycles. The van der Waals surface area contributed by atoms with E-state index in [1.165, 1.54) is 12.1 Å². The van der Waals surface area contributed by atoms with E-state index in [2.05, 4.69) is 18.7 Å². The Bertz CT molecular complexity index is 355. The van der Waals surface area contributed by atoms with Crippen LogP contribution in [0.3, 0.4) is 0 Å². The predicted octanol–water partition coefficient (Wildman–Crippen LogP) is 4.32. The Hall–Kier alpha value is -0.310. The molecule has 0 fully saturated rings. The van der Waals surface area contributed by atoms with E-state index in [1.54, 1.807) is 6.07 Å². The second kappa shape index (κ2) is 7.20. The molecule has 0 amide bonds. The number of hydrogen-bond donors (Lipinski definition) is 0. The Kier molecular flexibility index (Phi) is 6.24. The summed E-state index contributed by atoms with van der Waals surface area (Å²) in [4.78, 5) is 2.28. The number of rotatable bonds is 6. The molecular formula is C13H18Cl2FN. The summed E-state index contributed by atoms with van der Waals surface area (Å²) in [6.07, 6.45) is 0.943. The first-order chi connectivity index (χ1) is 8.04. The van der Waals surface area contributed by atoms with E-state index >= 15 is 0 Å². The molecule has 0 aromatic heterocycles. The standard InChI is InChI=1S/C13H18Cl2FN/c1-10(2)17(7-3-6-14)9-11-4-5-12(16)8-13(11)15/h4-5,8,10H,3,6-7,9H2,1-2H3. The molecule has 0 spiro atoms. The molecule has 0 radical (unpaired) electrons. The zero-order valence-corrected chi connectivity index (χ0v) is 11.7. The van der Waals surface area contributed by atoms with Gasteiger partial charge >= 0.3 is 0 Å². The highest BCUT2D eigenvalue weighted by atomic mass is 35.5. The summed E-state index contributed by atoms with van der Waals surface area (Å²) >= 11 is 11.7. The summed E-state index contributed by atoms with van der Waals surface area (Å²) < 4.78 is 12.9. The van der Waals surface area contributed by atoms with Crippen molar-refractivity contribution in [1.29, 1.82) is 0 Å². The number of nitrogens with zero attached hydrogens (tertiary/aromatic N) is 1. The summed E-state index contributed by atoms with van der Waals surface area (Å²) in [5, 5.41) is 0.488. The van der Waals surface area contributed by atoms with Crippen LogP contribution < -0.4 is 0 Å². The van der Waals surface area contributed by atoms with Crippen LogP contribution >= 0.6 is 23.2 Å². The van der Waals surface area contributed by atoms with Crippen LogP contribution in [0, 0.1) is 5.82 Å². The van der Waals surface area contributed by atoms with Crippen molar-refractivity contribution < 1.29 is 4.39 Å². The zero-order valence-electron chi connectivity index (χ0n) is 10.2. The molecule has 4 heteroatoms. The minimum atomic E-state index is -0.296. The lowest BCUT2D eigenvalue weighted by atomic mass is 10.1. The average molecular weight is 278 g/mol. The molecule has 0 heterocycles. The summed E-state index contributed by atoms with van der Waals surface area (Å²) in [5.41, 5.74) is 0.955. The van der Waals surface area contributed by atoms with E-state index in [0.717, 1.165) is 25.1 Å². The third kappa shape index (κ3) is 4.82. The van der Waals surface area contributed by atoms with Crippen LogP contribution in [0.25, 0.3) is 0 Å².